The average Bonchev–Trinajstić information content (AvgIpc) is 2.40. The van der Waals surface area contributed by atoms with E-state index in [2.05, 4.69) is 0 Å². The normalized spacial score (nSPS) is 23.8. The summed E-state index contributed by atoms with van der Waals surface area (Å²) in [5, 5.41) is 0. The van der Waals surface area contributed by atoms with E-state index in [9.17, 15) is 14.4 Å². The molecule has 22 heavy (non-hydrogen) atoms. The Balaban J connectivity index is 2.57. The minimum Gasteiger partial charge on any atom is -0.489 e. The Morgan fingerprint density at radius 2 is 1.68 bits per heavy atom. The molecule has 0 aromatic heterocycles. The molecule has 1 unspecified atom stereocenters. The van der Waals surface area contributed by atoms with Gasteiger partial charge in [0.25, 0.3) is 5.78 Å². The molecule has 0 radical (unpaired) electrons. The monoisotopic (exact) mass is 310 g/mol. The van der Waals surface area contributed by atoms with Gasteiger partial charge in [0, 0.05) is 13.3 Å². The topological polar surface area (TPSA) is 88.1 Å². The number of Topliss-reactive ketones (excluding diaryl/α,β-unsaturated/α-hetero) is 2. The summed E-state index contributed by atoms with van der Waals surface area (Å²) in [6, 6.07) is 0. The largest absolute Gasteiger partial charge is 0.489 e. The molecule has 120 valence electrons. The molecule has 0 spiro atoms. The Bertz CT molecular complexity index is 609. The molecular weight excluding hydrogens is 292 g/mol. The predicted molar refractivity (Wildman–Crippen MR) is 73.4 cm³/mol. The maximum absolute atomic E-state index is 12.6. The van der Waals surface area contributed by atoms with Crippen LogP contribution >= 0.6 is 0 Å². The number of esters is 1. The van der Waals surface area contributed by atoms with Crippen molar-refractivity contribution >= 4 is 17.5 Å². The van der Waals surface area contributed by atoms with Gasteiger partial charge in [-0.25, -0.2) is 0 Å². The van der Waals surface area contributed by atoms with E-state index in [4.69, 9.17) is 18.9 Å². The van der Waals surface area contributed by atoms with Crippen LogP contribution in [-0.2, 0) is 33.3 Å². The van der Waals surface area contributed by atoms with E-state index in [1.165, 1.54) is 21.1 Å². The van der Waals surface area contributed by atoms with Gasteiger partial charge in [0.05, 0.1) is 19.8 Å². The maximum atomic E-state index is 12.6. The number of rotatable bonds is 3. The van der Waals surface area contributed by atoms with Crippen molar-refractivity contribution in [2.45, 2.75) is 38.9 Å². The second-order valence-electron chi connectivity index (χ2n) is 5.63. The van der Waals surface area contributed by atoms with Gasteiger partial charge >= 0.3 is 5.97 Å². The van der Waals surface area contributed by atoms with Crippen LogP contribution in [0.15, 0.2) is 22.9 Å². The van der Waals surface area contributed by atoms with Crippen molar-refractivity contribution in [3.05, 3.63) is 22.9 Å². The molecule has 2 rings (SSSR count). The first kappa shape index (κ1) is 16.1. The number of carbonyl (C=O) groups excluding carboxylic acids is 3. The third kappa shape index (κ3) is 2.58. The van der Waals surface area contributed by atoms with Crippen LogP contribution in [0.4, 0.5) is 0 Å². The molecule has 0 fully saturated rings. The smallest absolute Gasteiger partial charge is 0.303 e. The van der Waals surface area contributed by atoms with E-state index >= 15 is 0 Å². The van der Waals surface area contributed by atoms with Crippen LogP contribution in [0.5, 0.6) is 0 Å². The fraction of sp³-hybridized carbons (Fsp3) is 0.533. The van der Waals surface area contributed by atoms with Gasteiger partial charge in [-0.05, 0) is 13.8 Å². The number of ketones is 2. The van der Waals surface area contributed by atoms with Crippen molar-refractivity contribution in [2.24, 2.45) is 0 Å². The van der Waals surface area contributed by atoms with Crippen LogP contribution in [0.2, 0.25) is 0 Å². The molecule has 0 amide bonds. The van der Waals surface area contributed by atoms with Crippen molar-refractivity contribution < 1.29 is 33.3 Å². The van der Waals surface area contributed by atoms with Crippen LogP contribution < -0.4 is 0 Å². The fourth-order valence-electron chi connectivity index (χ4n) is 2.59. The summed E-state index contributed by atoms with van der Waals surface area (Å²) in [5.41, 5.74) is -0.768. The number of hydrogen-bond acceptors (Lipinski definition) is 7. The summed E-state index contributed by atoms with van der Waals surface area (Å²) >= 11 is 0. The summed E-state index contributed by atoms with van der Waals surface area (Å²) < 4.78 is 20.8. The fourth-order valence-corrected chi connectivity index (χ4v) is 2.59. The molecule has 0 N–H and O–H groups in total. The van der Waals surface area contributed by atoms with Gasteiger partial charge in [0.1, 0.15) is 11.7 Å². The Labute approximate surface area is 127 Å². The molecular formula is C15H18O7. The third-order valence-electron chi connectivity index (χ3n) is 3.41. The molecule has 7 heteroatoms. The molecule has 0 saturated heterocycles. The Kier molecular flexibility index (Phi) is 4.00. The van der Waals surface area contributed by atoms with Crippen LogP contribution in [0.25, 0.3) is 0 Å². The van der Waals surface area contributed by atoms with E-state index in [1.54, 1.807) is 13.8 Å². The summed E-state index contributed by atoms with van der Waals surface area (Å²) in [5.74, 6) is -2.30. The van der Waals surface area contributed by atoms with E-state index in [0.29, 0.717) is 0 Å². The highest BCUT2D eigenvalue weighted by atomic mass is 16.6. The molecule has 0 saturated carbocycles. The van der Waals surface area contributed by atoms with Crippen molar-refractivity contribution in [3.63, 3.8) is 0 Å². The van der Waals surface area contributed by atoms with Crippen molar-refractivity contribution in [3.8, 4) is 0 Å². The summed E-state index contributed by atoms with van der Waals surface area (Å²) in [7, 11) is 2.53. The Morgan fingerprint density at radius 3 is 2.18 bits per heavy atom. The van der Waals surface area contributed by atoms with Crippen LogP contribution in [0, 0.1) is 0 Å². The zero-order valence-electron chi connectivity index (χ0n) is 13.1. The first-order valence-electron chi connectivity index (χ1n) is 6.74. The lowest BCUT2D eigenvalue weighted by Crippen LogP contribution is -2.45. The SMILES string of the molecule is COC1=C(OC)C(=O)C2=C(OC(C)(C)CC2OC(C)=O)C1=O. The number of hydrogen-bond donors (Lipinski definition) is 0. The van der Waals surface area contributed by atoms with E-state index in [-0.39, 0.29) is 29.3 Å². The van der Waals surface area contributed by atoms with E-state index < -0.39 is 29.2 Å². The van der Waals surface area contributed by atoms with Gasteiger partial charge in [0.15, 0.2) is 5.76 Å². The highest BCUT2D eigenvalue weighted by Gasteiger charge is 2.48. The second kappa shape index (κ2) is 5.47. The number of ether oxygens (including phenoxy) is 4. The molecule has 0 aromatic carbocycles. The third-order valence-corrected chi connectivity index (χ3v) is 3.41. The van der Waals surface area contributed by atoms with Gasteiger partial charge < -0.3 is 18.9 Å². The lowest BCUT2D eigenvalue weighted by Gasteiger charge is -2.39. The molecule has 2 aliphatic rings. The van der Waals surface area contributed by atoms with Gasteiger partial charge in [0.2, 0.25) is 17.3 Å². The van der Waals surface area contributed by atoms with Crippen molar-refractivity contribution in [2.75, 3.05) is 14.2 Å². The van der Waals surface area contributed by atoms with Crippen molar-refractivity contribution in [1.29, 1.82) is 0 Å². The maximum Gasteiger partial charge on any atom is 0.303 e. The summed E-state index contributed by atoms with van der Waals surface area (Å²) in [4.78, 5) is 36.4. The second-order valence-corrected chi connectivity index (χ2v) is 5.63. The molecule has 0 aromatic rings. The average molecular weight is 310 g/mol. The molecule has 1 aliphatic carbocycles. The minimum absolute atomic E-state index is 0.00262. The molecule has 1 atom stereocenters. The zero-order chi connectivity index (χ0) is 16.7. The number of carbonyl (C=O) groups is 3. The van der Waals surface area contributed by atoms with Crippen LogP contribution in [0.3, 0.4) is 0 Å². The Morgan fingerprint density at radius 1 is 1.14 bits per heavy atom. The van der Waals surface area contributed by atoms with E-state index in [1.807, 2.05) is 0 Å². The highest BCUT2D eigenvalue weighted by Crippen LogP contribution is 2.39. The van der Waals surface area contributed by atoms with Gasteiger partial charge in [-0.15, -0.1) is 0 Å². The zero-order valence-corrected chi connectivity index (χ0v) is 13.1. The quantitative estimate of drug-likeness (QED) is 0.568. The first-order chi connectivity index (χ1) is 10.2. The van der Waals surface area contributed by atoms with Crippen molar-refractivity contribution in [1.82, 2.24) is 0 Å². The number of methoxy groups -OCH3 is 2. The molecule has 0 bridgehead atoms. The van der Waals surface area contributed by atoms with Crippen LogP contribution in [0.1, 0.15) is 27.2 Å². The van der Waals surface area contributed by atoms with Gasteiger partial charge in [-0.3, -0.25) is 14.4 Å². The van der Waals surface area contributed by atoms with Crippen LogP contribution in [-0.4, -0.2) is 43.5 Å². The standard InChI is InChI=1S/C15H18O7/c1-7(16)21-8-6-15(2,3)22-12-9(8)10(17)13(19-4)14(20-5)11(12)18/h8H,6H2,1-5H3. The van der Waals surface area contributed by atoms with Gasteiger partial charge in [-0.2, -0.15) is 0 Å². The summed E-state index contributed by atoms with van der Waals surface area (Å²) in [6.07, 6.45) is -0.611. The molecule has 1 heterocycles. The van der Waals surface area contributed by atoms with E-state index in [0.717, 1.165) is 0 Å². The predicted octanol–water partition coefficient (Wildman–Crippen LogP) is 1.03. The number of allylic oxidation sites excluding steroid dienone is 1. The highest BCUT2D eigenvalue weighted by molar-refractivity contribution is 6.23. The molecule has 1 aliphatic heterocycles. The lowest BCUT2D eigenvalue weighted by molar-refractivity contribution is -0.151. The first-order valence-corrected chi connectivity index (χ1v) is 6.74. The summed E-state index contributed by atoms with van der Waals surface area (Å²) in [6.45, 7) is 4.73. The lowest BCUT2D eigenvalue weighted by atomic mass is 9.85. The minimum atomic E-state index is -0.865. The molecule has 7 nitrogen and oxygen atoms in total. The van der Waals surface area contributed by atoms with Gasteiger partial charge in [-0.1, -0.05) is 0 Å². The Hall–Kier alpha value is -2.31.